The number of nitrogens with one attached hydrogen (secondary N) is 1. The summed E-state index contributed by atoms with van der Waals surface area (Å²) in [6.07, 6.45) is 0.751. The highest BCUT2D eigenvalue weighted by molar-refractivity contribution is 9.10. The molecular formula is C13H16BrN3OS. The van der Waals surface area contributed by atoms with Gasteiger partial charge in [-0.05, 0) is 24.6 Å². The van der Waals surface area contributed by atoms with Gasteiger partial charge in [-0.3, -0.25) is 4.79 Å². The zero-order chi connectivity index (χ0) is 14.0. The van der Waals surface area contributed by atoms with E-state index in [2.05, 4.69) is 32.3 Å². The first-order valence-electron chi connectivity index (χ1n) is 6.04. The van der Waals surface area contributed by atoms with Gasteiger partial charge in [-0.25, -0.2) is 4.98 Å². The van der Waals surface area contributed by atoms with Crippen molar-refractivity contribution in [2.24, 2.45) is 0 Å². The Kier molecular flexibility index (Phi) is 4.42. The van der Waals surface area contributed by atoms with Crippen LogP contribution in [0.1, 0.15) is 13.3 Å². The first-order valence-corrected chi connectivity index (χ1v) is 7.77. The van der Waals surface area contributed by atoms with E-state index in [9.17, 15) is 4.79 Å². The van der Waals surface area contributed by atoms with Crippen molar-refractivity contribution in [2.75, 3.05) is 24.3 Å². The molecule has 0 radical (unpaired) electrons. The van der Waals surface area contributed by atoms with Crippen LogP contribution >= 0.6 is 27.3 Å². The first kappa shape index (κ1) is 14.3. The third-order valence-corrected chi connectivity index (χ3v) is 4.76. The highest BCUT2D eigenvalue weighted by Crippen LogP contribution is 2.29. The maximum absolute atomic E-state index is 11.8. The Morgan fingerprint density at radius 1 is 1.53 bits per heavy atom. The Hall–Kier alpha value is -1.14. The lowest BCUT2D eigenvalue weighted by Gasteiger charge is -2.11. The fourth-order valence-electron chi connectivity index (χ4n) is 1.61. The standard InChI is InChI=1S/C13H16BrN3OS/c1-4-9(14)12(18)16-13-15-10-6-5-8(17(2)3)7-11(10)19-13/h5-7,9H,4H2,1-3H3,(H,15,16,18)/t9-/m0/s1. The minimum atomic E-state index is -0.170. The Balaban J connectivity index is 2.24. The van der Waals surface area contributed by atoms with Gasteiger partial charge in [-0.15, -0.1) is 0 Å². The maximum Gasteiger partial charge on any atom is 0.239 e. The van der Waals surface area contributed by atoms with Crippen LogP contribution in [0.2, 0.25) is 0 Å². The number of rotatable bonds is 4. The number of hydrogen-bond donors (Lipinski definition) is 1. The van der Waals surface area contributed by atoms with Crippen molar-refractivity contribution in [2.45, 2.75) is 18.2 Å². The molecular weight excluding hydrogens is 326 g/mol. The van der Waals surface area contributed by atoms with Crippen LogP contribution in [-0.4, -0.2) is 29.8 Å². The summed E-state index contributed by atoms with van der Waals surface area (Å²) in [5.41, 5.74) is 2.04. The zero-order valence-electron chi connectivity index (χ0n) is 11.1. The molecule has 0 spiro atoms. The van der Waals surface area contributed by atoms with E-state index in [1.165, 1.54) is 11.3 Å². The molecule has 19 heavy (non-hydrogen) atoms. The highest BCUT2D eigenvalue weighted by atomic mass is 79.9. The molecule has 0 unspecified atom stereocenters. The Labute approximate surface area is 125 Å². The number of hydrogen-bond acceptors (Lipinski definition) is 4. The van der Waals surface area contributed by atoms with Crippen LogP contribution in [-0.2, 0) is 4.79 Å². The number of fused-ring (bicyclic) bond motifs is 1. The first-order chi connectivity index (χ1) is 9.01. The molecule has 0 aliphatic heterocycles. The number of carbonyl (C=O) groups excluding carboxylic acids is 1. The second-order valence-corrected chi connectivity index (χ2v) is 6.57. The number of benzene rings is 1. The van der Waals surface area contributed by atoms with Gasteiger partial charge in [0, 0.05) is 19.8 Å². The lowest BCUT2D eigenvalue weighted by molar-refractivity contribution is -0.115. The predicted octanol–water partition coefficient (Wildman–Crippen LogP) is 3.47. The van der Waals surface area contributed by atoms with Gasteiger partial charge >= 0.3 is 0 Å². The van der Waals surface area contributed by atoms with E-state index in [0.717, 1.165) is 22.3 Å². The van der Waals surface area contributed by atoms with Gasteiger partial charge in [0.15, 0.2) is 5.13 Å². The van der Waals surface area contributed by atoms with E-state index in [1.54, 1.807) is 0 Å². The Morgan fingerprint density at radius 3 is 2.89 bits per heavy atom. The molecule has 2 aromatic rings. The van der Waals surface area contributed by atoms with Crippen molar-refractivity contribution in [3.8, 4) is 0 Å². The average Bonchev–Trinajstić information content (AvgIpc) is 2.78. The number of thiazole rings is 1. The summed E-state index contributed by atoms with van der Waals surface area (Å²) in [5, 5.41) is 3.49. The molecule has 1 aromatic carbocycles. The van der Waals surface area contributed by atoms with E-state index < -0.39 is 0 Å². The van der Waals surface area contributed by atoms with Crippen molar-refractivity contribution in [3.05, 3.63) is 18.2 Å². The van der Waals surface area contributed by atoms with E-state index in [0.29, 0.717) is 5.13 Å². The van der Waals surface area contributed by atoms with Crippen molar-refractivity contribution >= 4 is 54.2 Å². The quantitative estimate of drug-likeness (QED) is 0.866. The summed E-state index contributed by atoms with van der Waals surface area (Å²) >= 11 is 4.83. The zero-order valence-corrected chi connectivity index (χ0v) is 13.5. The molecule has 0 saturated heterocycles. The van der Waals surface area contributed by atoms with E-state index in [1.807, 2.05) is 38.1 Å². The molecule has 0 aliphatic carbocycles. The fraction of sp³-hybridized carbons (Fsp3) is 0.385. The maximum atomic E-state index is 11.8. The van der Waals surface area contributed by atoms with Gasteiger partial charge in [0.2, 0.25) is 5.91 Å². The second-order valence-electron chi connectivity index (χ2n) is 4.43. The molecule has 1 aromatic heterocycles. The second kappa shape index (κ2) is 5.88. The summed E-state index contributed by atoms with van der Waals surface area (Å²) in [7, 11) is 4.00. The molecule has 1 amide bonds. The van der Waals surface area contributed by atoms with Crippen LogP contribution in [0, 0.1) is 0 Å². The third-order valence-electron chi connectivity index (χ3n) is 2.76. The van der Waals surface area contributed by atoms with Crippen molar-refractivity contribution < 1.29 is 4.79 Å². The Morgan fingerprint density at radius 2 is 2.26 bits per heavy atom. The molecule has 0 saturated carbocycles. The fourth-order valence-corrected chi connectivity index (χ4v) is 2.63. The van der Waals surface area contributed by atoms with Crippen molar-refractivity contribution in [1.82, 2.24) is 4.98 Å². The summed E-state index contributed by atoms with van der Waals surface area (Å²) in [4.78, 5) is 18.1. The van der Waals surface area contributed by atoms with Crippen LogP contribution in [0.5, 0.6) is 0 Å². The van der Waals surface area contributed by atoms with E-state index in [-0.39, 0.29) is 10.7 Å². The smallest absolute Gasteiger partial charge is 0.239 e. The largest absolute Gasteiger partial charge is 0.378 e. The number of amides is 1. The monoisotopic (exact) mass is 341 g/mol. The topological polar surface area (TPSA) is 45.2 Å². The highest BCUT2D eigenvalue weighted by Gasteiger charge is 2.14. The molecule has 0 aliphatic rings. The molecule has 1 heterocycles. The molecule has 1 N–H and O–H groups in total. The molecule has 102 valence electrons. The normalized spacial score (nSPS) is 12.4. The summed E-state index contributed by atoms with van der Waals surface area (Å²) in [6, 6.07) is 6.07. The van der Waals surface area contributed by atoms with Gasteiger partial charge < -0.3 is 10.2 Å². The van der Waals surface area contributed by atoms with E-state index >= 15 is 0 Å². The van der Waals surface area contributed by atoms with Crippen molar-refractivity contribution in [3.63, 3.8) is 0 Å². The van der Waals surface area contributed by atoms with Gasteiger partial charge in [-0.2, -0.15) is 0 Å². The van der Waals surface area contributed by atoms with Crippen LogP contribution in [0.25, 0.3) is 10.2 Å². The number of nitrogens with zero attached hydrogens (tertiary/aromatic N) is 2. The minimum Gasteiger partial charge on any atom is -0.378 e. The number of carbonyl (C=O) groups is 1. The summed E-state index contributed by atoms with van der Waals surface area (Å²) < 4.78 is 1.07. The van der Waals surface area contributed by atoms with E-state index in [4.69, 9.17) is 0 Å². The van der Waals surface area contributed by atoms with Gasteiger partial charge in [0.25, 0.3) is 0 Å². The molecule has 0 bridgehead atoms. The van der Waals surface area contributed by atoms with Crippen LogP contribution < -0.4 is 10.2 Å². The minimum absolute atomic E-state index is 0.0469. The third kappa shape index (κ3) is 3.25. The molecule has 2 rings (SSSR count). The summed E-state index contributed by atoms with van der Waals surface area (Å²) in [6.45, 7) is 1.96. The number of anilines is 2. The van der Waals surface area contributed by atoms with Gasteiger partial charge in [-0.1, -0.05) is 34.2 Å². The predicted molar refractivity (Wildman–Crippen MR) is 85.6 cm³/mol. The number of halogens is 1. The van der Waals surface area contributed by atoms with Crippen LogP contribution in [0.15, 0.2) is 18.2 Å². The Bertz CT molecular complexity index is 597. The van der Waals surface area contributed by atoms with Crippen LogP contribution in [0.3, 0.4) is 0 Å². The summed E-state index contributed by atoms with van der Waals surface area (Å²) in [5.74, 6) is -0.0469. The molecule has 4 nitrogen and oxygen atoms in total. The number of alkyl halides is 1. The van der Waals surface area contributed by atoms with Crippen molar-refractivity contribution in [1.29, 1.82) is 0 Å². The van der Waals surface area contributed by atoms with Gasteiger partial charge in [0.05, 0.1) is 15.0 Å². The molecule has 6 heteroatoms. The lowest BCUT2D eigenvalue weighted by atomic mass is 10.3. The molecule has 0 fully saturated rings. The van der Waals surface area contributed by atoms with Gasteiger partial charge in [0.1, 0.15) is 0 Å². The SMILES string of the molecule is CC[C@H](Br)C(=O)Nc1nc2ccc(N(C)C)cc2s1. The lowest BCUT2D eigenvalue weighted by Crippen LogP contribution is -2.21. The average molecular weight is 342 g/mol. The number of aromatic nitrogens is 1. The molecule has 1 atom stereocenters. The van der Waals surface area contributed by atoms with Crippen LogP contribution in [0.4, 0.5) is 10.8 Å².